The van der Waals surface area contributed by atoms with Crippen LogP contribution in [0.3, 0.4) is 0 Å². The van der Waals surface area contributed by atoms with Crippen LogP contribution in [0, 0.1) is 5.92 Å². The van der Waals surface area contributed by atoms with E-state index in [0.29, 0.717) is 12.0 Å². The molecule has 2 amide bonds. The highest BCUT2D eigenvalue weighted by Gasteiger charge is 2.56. The van der Waals surface area contributed by atoms with E-state index < -0.39 is 60.7 Å². The lowest BCUT2D eigenvalue weighted by molar-refractivity contribution is -0.241. The molecule has 1 aliphatic heterocycles. The fourth-order valence-electron chi connectivity index (χ4n) is 5.08. The van der Waals surface area contributed by atoms with E-state index in [1.54, 1.807) is 30.3 Å². The van der Waals surface area contributed by atoms with Crippen molar-refractivity contribution in [1.82, 2.24) is 10.6 Å². The molecule has 9 nitrogen and oxygen atoms in total. The van der Waals surface area contributed by atoms with E-state index in [4.69, 9.17) is 18.9 Å². The number of alkyl halides is 2. The second kappa shape index (κ2) is 15.6. The van der Waals surface area contributed by atoms with Gasteiger partial charge in [-0.2, -0.15) is 0 Å². The maximum absolute atomic E-state index is 16.2. The van der Waals surface area contributed by atoms with Crippen LogP contribution >= 0.6 is 0 Å². The first kappa shape index (κ1) is 32.9. The van der Waals surface area contributed by atoms with E-state index in [1.165, 1.54) is 13.8 Å². The Morgan fingerprint density at radius 1 is 0.952 bits per heavy atom. The number of carbonyl (C=O) groups excluding carboxylic acids is 3. The Kier molecular flexibility index (Phi) is 12.2. The van der Waals surface area contributed by atoms with Crippen LogP contribution in [0.25, 0.3) is 0 Å². The van der Waals surface area contributed by atoms with Gasteiger partial charge in [-0.15, -0.1) is 0 Å². The summed E-state index contributed by atoms with van der Waals surface area (Å²) in [6.07, 6.45) is -5.09. The molecule has 1 aliphatic rings. The summed E-state index contributed by atoms with van der Waals surface area (Å²) >= 11 is 0. The number of amides is 2. The minimum atomic E-state index is -3.71. The fraction of sp³-hybridized carbons (Fsp3) is 0.516. The lowest BCUT2D eigenvalue weighted by Gasteiger charge is -2.48. The van der Waals surface area contributed by atoms with Crippen molar-refractivity contribution in [2.24, 2.45) is 5.92 Å². The number of nitrogens with one attached hydrogen (secondary N) is 2. The number of hydrogen-bond acceptors (Lipinski definition) is 7. The van der Waals surface area contributed by atoms with Crippen molar-refractivity contribution in [2.45, 2.75) is 90.1 Å². The minimum absolute atomic E-state index is 0.0824. The molecule has 0 aliphatic carbocycles. The van der Waals surface area contributed by atoms with Gasteiger partial charge in [-0.1, -0.05) is 74.5 Å². The molecule has 1 saturated heterocycles. The van der Waals surface area contributed by atoms with E-state index in [9.17, 15) is 14.4 Å². The highest BCUT2D eigenvalue weighted by Crippen LogP contribution is 2.39. The second-order valence-electron chi connectivity index (χ2n) is 10.3. The van der Waals surface area contributed by atoms with Gasteiger partial charge >= 0.3 is 12.1 Å². The minimum Gasteiger partial charge on any atom is -0.464 e. The Balaban J connectivity index is 1.83. The smallest absolute Gasteiger partial charge is 0.408 e. The van der Waals surface area contributed by atoms with Crippen molar-refractivity contribution < 1.29 is 42.1 Å². The first-order valence-electron chi connectivity index (χ1n) is 14.1. The molecule has 230 valence electrons. The van der Waals surface area contributed by atoms with E-state index >= 15 is 8.78 Å². The highest BCUT2D eigenvalue weighted by molar-refractivity contribution is 5.81. The van der Waals surface area contributed by atoms with E-state index in [2.05, 4.69) is 10.6 Å². The Labute approximate surface area is 245 Å². The van der Waals surface area contributed by atoms with Gasteiger partial charge in [0, 0.05) is 19.3 Å². The SMILES string of the molecule is CCOC(=O)[C@@H](CC(F)(F)[C@H]1O[C@H](CC)[C@H](C)[C@H](OCc2ccccc2)[C@H]1NC(C)=O)NC(=O)OCc1ccccc1. The summed E-state index contributed by atoms with van der Waals surface area (Å²) in [5, 5.41) is 4.83. The Hall–Kier alpha value is -3.57. The molecule has 1 heterocycles. The fourth-order valence-corrected chi connectivity index (χ4v) is 5.08. The van der Waals surface area contributed by atoms with Gasteiger partial charge in [0.25, 0.3) is 5.92 Å². The van der Waals surface area contributed by atoms with Crippen molar-refractivity contribution in [3.05, 3.63) is 71.8 Å². The molecule has 6 atom stereocenters. The molecule has 2 N–H and O–H groups in total. The third kappa shape index (κ3) is 9.22. The molecule has 0 radical (unpaired) electrons. The first-order valence-corrected chi connectivity index (χ1v) is 14.1. The average molecular weight is 591 g/mol. The van der Waals surface area contributed by atoms with Crippen molar-refractivity contribution in [3.8, 4) is 0 Å². The Bertz CT molecular complexity index is 1150. The van der Waals surface area contributed by atoms with Crippen molar-refractivity contribution >= 4 is 18.0 Å². The zero-order valence-corrected chi connectivity index (χ0v) is 24.4. The van der Waals surface area contributed by atoms with Gasteiger partial charge < -0.3 is 29.6 Å². The maximum Gasteiger partial charge on any atom is 0.408 e. The zero-order valence-electron chi connectivity index (χ0n) is 24.4. The predicted octanol–water partition coefficient (Wildman–Crippen LogP) is 4.77. The number of halogens is 2. The van der Waals surface area contributed by atoms with Crippen LogP contribution in [0.15, 0.2) is 60.7 Å². The third-order valence-corrected chi connectivity index (χ3v) is 7.13. The molecule has 2 aromatic rings. The van der Waals surface area contributed by atoms with E-state index in [-0.39, 0.29) is 25.7 Å². The molecule has 0 saturated carbocycles. The summed E-state index contributed by atoms with van der Waals surface area (Å²) in [6.45, 7) is 6.34. The second-order valence-corrected chi connectivity index (χ2v) is 10.3. The van der Waals surface area contributed by atoms with Crippen LogP contribution in [-0.2, 0) is 41.8 Å². The average Bonchev–Trinajstić information content (AvgIpc) is 2.96. The number of carbonyl (C=O) groups is 3. The van der Waals surface area contributed by atoms with E-state index in [0.717, 1.165) is 5.56 Å². The summed E-state index contributed by atoms with van der Waals surface area (Å²) in [7, 11) is 0. The number of ether oxygens (including phenoxy) is 4. The third-order valence-electron chi connectivity index (χ3n) is 7.13. The molecular formula is C31H40F2N2O7. The Morgan fingerprint density at radius 2 is 1.55 bits per heavy atom. The van der Waals surface area contributed by atoms with E-state index in [1.807, 2.05) is 44.2 Å². The quantitative estimate of drug-likeness (QED) is 0.323. The molecule has 0 unspecified atom stereocenters. The van der Waals surface area contributed by atoms with Crippen molar-refractivity contribution in [1.29, 1.82) is 0 Å². The van der Waals surface area contributed by atoms with Gasteiger partial charge in [0.2, 0.25) is 5.91 Å². The van der Waals surface area contributed by atoms with Crippen LogP contribution < -0.4 is 10.6 Å². The lowest BCUT2D eigenvalue weighted by atomic mass is 9.82. The highest BCUT2D eigenvalue weighted by atomic mass is 19.3. The van der Waals surface area contributed by atoms with Gasteiger partial charge in [-0.05, 0) is 24.5 Å². The topological polar surface area (TPSA) is 112 Å². The van der Waals surface area contributed by atoms with Gasteiger partial charge in [-0.3, -0.25) is 4.79 Å². The monoisotopic (exact) mass is 590 g/mol. The van der Waals surface area contributed by atoms with Crippen LogP contribution in [-0.4, -0.2) is 60.9 Å². The summed E-state index contributed by atoms with van der Waals surface area (Å²) in [5.41, 5.74) is 1.52. The molecule has 0 bridgehead atoms. The molecule has 3 rings (SSSR count). The normalized spacial score (nSPS) is 23.0. The number of rotatable bonds is 13. The predicted molar refractivity (Wildman–Crippen MR) is 150 cm³/mol. The number of esters is 1. The molecule has 11 heteroatoms. The number of benzene rings is 2. The lowest BCUT2D eigenvalue weighted by Crippen LogP contribution is -2.66. The van der Waals surface area contributed by atoms with Crippen LogP contribution in [0.1, 0.15) is 51.7 Å². The summed E-state index contributed by atoms with van der Waals surface area (Å²) in [6, 6.07) is 15.0. The standard InChI is InChI=1S/C31H40F2N2O7/c1-5-25-20(3)27(40-18-22-13-9-7-10-14-22)26(34-21(4)36)28(42-25)31(32,33)17-24(29(37)39-6-2)35-30(38)41-19-23-15-11-8-12-16-23/h7-16,20,24-28H,5-6,17-19H2,1-4H3,(H,34,36)(H,35,38)/t20-,24+,25+,26+,27-,28-/m0/s1. The summed E-state index contributed by atoms with van der Waals surface area (Å²) in [4.78, 5) is 37.4. The molecule has 2 aromatic carbocycles. The molecule has 0 aromatic heterocycles. The zero-order chi connectivity index (χ0) is 30.7. The molecule has 42 heavy (non-hydrogen) atoms. The Morgan fingerprint density at radius 3 is 2.10 bits per heavy atom. The molecule has 1 fully saturated rings. The summed E-state index contributed by atoms with van der Waals surface area (Å²) in [5.74, 6) is -5.63. The van der Waals surface area contributed by atoms with Crippen LogP contribution in [0.5, 0.6) is 0 Å². The number of alkyl carbamates (subject to hydrolysis) is 1. The van der Waals surface area contributed by atoms with Crippen LogP contribution in [0.2, 0.25) is 0 Å². The van der Waals surface area contributed by atoms with Crippen molar-refractivity contribution in [2.75, 3.05) is 6.61 Å². The maximum atomic E-state index is 16.2. The van der Waals surface area contributed by atoms with Gasteiger partial charge in [0.05, 0.1) is 31.5 Å². The summed E-state index contributed by atoms with van der Waals surface area (Å²) < 4.78 is 54.6. The largest absolute Gasteiger partial charge is 0.464 e. The molecular weight excluding hydrogens is 550 g/mol. The van der Waals surface area contributed by atoms with Crippen molar-refractivity contribution in [3.63, 3.8) is 0 Å². The van der Waals surface area contributed by atoms with Gasteiger partial charge in [0.1, 0.15) is 18.8 Å². The van der Waals surface area contributed by atoms with Crippen LogP contribution in [0.4, 0.5) is 13.6 Å². The number of hydrogen-bond donors (Lipinski definition) is 2. The first-order chi connectivity index (χ1) is 20.1. The van der Waals surface area contributed by atoms with Gasteiger partial charge in [0.15, 0.2) is 0 Å². The molecule has 0 spiro atoms. The van der Waals surface area contributed by atoms with Gasteiger partial charge in [-0.25, -0.2) is 18.4 Å².